The number of fused-ring (bicyclic) bond motifs is 6. The van der Waals surface area contributed by atoms with Crippen LogP contribution in [0.15, 0.2) is 173 Å². The molecule has 0 bridgehead atoms. The molecule has 0 fully saturated rings. The molecule has 0 aliphatic heterocycles. The second kappa shape index (κ2) is 11.4. The third-order valence-electron chi connectivity index (χ3n) is 9.33. The smallest absolute Gasteiger partial charge is 0.164 e. The van der Waals surface area contributed by atoms with E-state index in [1.165, 1.54) is 0 Å². The lowest BCUT2D eigenvalue weighted by Crippen LogP contribution is -2.00. The van der Waals surface area contributed by atoms with E-state index in [2.05, 4.69) is 91.0 Å². The van der Waals surface area contributed by atoms with Crippen molar-refractivity contribution >= 4 is 43.9 Å². The minimum absolute atomic E-state index is 0.626. The van der Waals surface area contributed by atoms with Crippen molar-refractivity contribution in [1.82, 2.24) is 15.0 Å². The molecule has 0 atom stereocenters. The fraction of sp³-hybridized carbons (Fsp3) is 0. The molecule has 10 aromatic rings. The van der Waals surface area contributed by atoms with Crippen molar-refractivity contribution in [3.05, 3.63) is 164 Å². The van der Waals surface area contributed by atoms with E-state index in [0.29, 0.717) is 17.5 Å². The third kappa shape index (κ3) is 4.83. The van der Waals surface area contributed by atoms with E-state index >= 15 is 0 Å². The molecule has 234 valence electrons. The lowest BCUT2D eigenvalue weighted by molar-refractivity contribution is 0.668. The van der Waals surface area contributed by atoms with Gasteiger partial charge in [-0.05, 0) is 70.8 Å². The molecule has 5 nitrogen and oxygen atoms in total. The predicted octanol–water partition coefficient (Wildman–Crippen LogP) is 12.0. The molecule has 3 heterocycles. The highest BCUT2D eigenvalue weighted by atomic mass is 16.3. The van der Waals surface area contributed by atoms with Crippen molar-refractivity contribution in [1.29, 1.82) is 0 Å². The van der Waals surface area contributed by atoms with Gasteiger partial charge < -0.3 is 8.83 Å². The maximum atomic E-state index is 6.31. The van der Waals surface area contributed by atoms with Gasteiger partial charge in [-0.2, -0.15) is 0 Å². The fourth-order valence-corrected chi connectivity index (χ4v) is 6.82. The van der Waals surface area contributed by atoms with Crippen molar-refractivity contribution in [2.75, 3.05) is 0 Å². The Bertz CT molecular complexity index is 2810. The number of para-hydroxylation sites is 1. The zero-order chi connectivity index (χ0) is 33.0. The van der Waals surface area contributed by atoms with E-state index in [-0.39, 0.29) is 0 Å². The number of benzene rings is 7. The number of hydrogen-bond donors (Lipinski definition) is 0. The zero-order valence-electron chi connectivity index (χ0n) is 26.7. The summed E-state index contributed by atoms with van der Waals surface area (Å²) in [6, 6.07) is 55.9. The van der Waals surface area contributed by atoms with Gasteiger partial charge in [0.25, 0.3) is 0 Å². The molecule has 0 aliphatic carbocycles. The van der Waals surface area contributed by atoms with Crippen LogP contribution in [0, 0.1) is 0 Å². The SMILES string of the molecule is c1ccc(-c2nc(-c3ccccc3)nc(-c3cccc(-c4ccc5oc6ccc(-c7ccc8oc9ccccc9c8c7)cc6c5c4)c3)n2)cc1. The molecule has 3 aromatic heterocycles. The quantitative estimate of drug-likeness (QED) is 0.187. The summed E-state index contributed by atoms with van der Waals surface area (Å²) in [7, 11) is 0. The van der Waals surface area contributed by atoms with E-state index in [4.69, 9.17) is 23.8 Å². The minimum atomic E-state index is 0.626. The van der Waals surface area contributed by atoms with Gasteiger partial charge in [0.2, 0.25) is 0 Å². The average molecular weight is 642 g/mol. The van der Waals surface area contributed by atoms with Crippen LogP contribution in [0.1, 0.15) is 0 Å². The van der Waals surface area contributed by atoms with Gasteiger partial charge in [-0.3, -0.25) is 0 Å². The second-order valence-electron chi connectivity index (χ2n) is 12.5. The first-order valence-electron chi connectivity index (χ1n) is 16.6. The third-order valence-corrected chi connectivity index (χ3v) is 9.33. The van der Waals surface area contributed by atoms with Gasteiger partial charge in [-0.15, -0.1) is 0 Å². The first kappa shape index (κ1) is 28.2. The van der Waals surface area contributed by atoms with Gasteiger partial charge in [-0.25, -0.2) is 15.0 Å². The Balaban J connectivity index is 1.06. The van der Waals surface area contributed by atoms with Crippen LogP contribution in [0.25, 0.3) is 100 Å². The number of rotatable bonds is 5. The fourth-order valence-electron chi connectivity index (χ4n) is 6.82. The van der Waals surface area contributed by atoms with Crippen LogP contribution in [0.4, 0.5) is 0 Å². The Morgan fingerprint density at radius 1 is 0.260 bits per heavy atom. The molecule has 0 saturated carbocycles. The first-order chi connectivity index (χ1) is 24.7. The maximum absolute atomic E-state index is 6.31. The average Bonchev–Trinajstić information content (AvgIpc) is 3.75. The van der Waals surface area contributed by atoms with Crippen LogP contribution in [0.3, 0.4) is 0 Å². The van der Waals surface area contributed by atoms with Crippen molar-refractivity contribution in [2.45, 2.75) is 0 Å². The predicted molar refractivity (Wildman–Crippen MR) is 202 cm³/mol. The van der Waals surface area contributed by atoms with Gasteiger partial charge >= 0.3 is 0 Å². The van der Waals surface area contributed by atoms with Crippen molar-refractivity contribution in [3.63, 3.8) is 0 Å². The summed E-state index contributed by atoms with van der Waals surface area (Å²) in [6.45, 7) is 0. The molecule has 10 rings (SSSR count). The van der Waals surface area contributed by atoms with E-state index in [0.717, 1.165) is 82.8 Å². The summed E-state index contributed by atoms with van der Waals surface area (Å²) in [5, 5.41) is 4.38. The van der Waals surface area contributed by atoms with Crippen LogP contribution in [0.2, 0.25) is 0 Å². The molecular formula is C45H27N3O2. The lowest BCUT2D eigenvalue weighted by Gasteiger charge is -2.09. The summed E-state index contributed by atoms with van der Waals surface area (Å²) < 4.78 is 12.4. The van der Waals surface area contributed by atoms with Crippen LogP contribution < -0.4 is 0 Å². The summed E-state index contributed by atoms with van der Waals surface area (Å²) >= 11 is 0. The van der Waals surface area contributed by atoms with Crippen LogP contribution in [-0.4, -0.2) is 15.0 Å². The molecule has 50 heavy (non-hydrogen) atoms. The van der Waals surface area contributed by atoms with Gasteiger partial charge in [0.05, 0.1) is 0 Å². The topological polar surface area (TPSA) is 65.0 Å². The Hall–Kier alpha value is -6.85. The lowest BCUT2D eigenvalue weighted by atomic mass is 9.98. The Morgan fingerprint density at radius 2 is 0.640 bits per heavy atom. The van der Waals surface area contributed by atoms with E-state index in [9.17, 15) is 0 Å². The van der Waals surface area contributed by atoms with Gasteiger partial charge in [0.1, 0.15) is 22.3 Å². The molecular weight excluding hydrogens is 615 g/mol. The largest absolute Gasteiger partial charge is 0.456 e. The van der Waals surface area contributed by atoms with Gasteiger partial charge in [-0.1, -0.05) is 115 Å². The van der Waals surface area contributed by atoms with Gasteiger partial charge in [0, 0.05) is 38.2 Å². The monoisotopic (exact) mass is 641 g/mol. The molecule has 0 saturated heterocycles. The maximum Gasteiger partial charge on any atom is 0.164 e. The van der Waals surface area contributed by atoms with Crippen LogP contribution in [0.5, 0.6) is 0 Å². The second-order valence-corrected chi connectivity index (χ2v) is 12.5. The highest BCUT2D eigenvalue weighted by molar-refractivity contribution is 6.09. The Kier molecular flexibility index (Phi) is 6.42. The zero-order valence-corrected chi connectivity index (χ0v) is 26.7. The number of furan rings is 2. The van der Waals surface area contributed by atoms with Crippen LogP contribution in [-0.2, 0) is 0 Å². The summed E-state index contributed by atoms with van der Waals surface area (Å²) in [6.07, 6.45) is 0. The minimum Gasteiger partial charge on any atom is -0.456 e. The summed E-state index contributed by atoms with van der Waals surface area (Å²) in [4.78, 5) is 14.7. The number of hydrogen-bond acceptors (Lipinski definition) is 5. The molecule has 0 N–H and O–H groups in total. The normalized spacial score (nSPS) is 11.6. The van der Waals surface area contributed by atoms with E-state index < -0.39 is 0 Å². The number of nitrogens with zero attached hydrogens (tertiary/aromatic N) is 3. The van der Waals surface area contributed by atoms with Crippen LogP contribution >= 0.6 is 0 Å². The molecule has 0 unspecified atom stereocenters. The molecule has 7 aromatic carbocycles. The van der Waals surface area contributed by atoms with Crippen molar-refractivity contribution in [2.24, 2.45) is 0 Å². The highest BCUT2D eigenvalue weighted by Gasteiger charge is 2.15. The summed E-state index contributed by atoms with van der Waals surface area (Å²) in [5.41, 5.74) is 10.7. The molecule has 5 heteroatoms. The molecule has 0 aliphatic rings. The Morgan fingerprint density at radius 3 is 1.18 bits per heavy atom. The molecule has 0 spiro atoms. The van der Waals surface area contributed by atoms with Crippen molar-refractivity contribution < 1.29 is 8.83 Å². The number of aromatic nitrogens is 3. The van der Waals surface area contributed by atoms with E-state index in [1.54, 1.807) is 0 Å². The Labute approximate surface area is 287 Å². The van der Waals surface area contributed by atoms with Crippen molar-refractivity contribution in [3.8, 4) is 56.4 Å². The van der Waals surface area contributed by atoms with Gasteiger partial charge in [0.15, 0.2) is 17.5 Å². The summed E-state index contributed by atoms with van der Waals surface area (Å²) in [5.74, 6) is 1.91. The highest BCUT2D eigenvalue weighted by Crippen LogP contribution is 2.38. The molecule has 0 radical (unpaired) electrons. The standard InChI is InChI=1S/C45H27N3O2/c1-3-10-28(11-4-1)43-46-44(29-12-5-2-6-13-29)48-45(47-43)34-15-9-14-30(24-34)31-18-22-41-37(26-31)38-27-33(20-23-42(38)50-41)32-19-21-40-36(25-32)35-16-7-8-17-39(35)49-40/h1-27H. The first-order valence-corrected chi connectivity index (χ1v) is 16.6. The van der Waals surface area contributed by atoms with E-state index in [1.807, 2.05) is 72.8 Å². The molecule has 0 amide bonds.